The Morgan fingerprint density at radius 2 is 1.32 bits per heavy atom. The van der Waals surface area contributed by atoms with Gasteiger partial charge in [-0.25, -0.2) is 14.6 Å². The van der Waals surface area contributed by atoms with Crippen LogP contribution in [-0.4, -0.2) is 49.5 Å². The Bertz CT molecular complexity index is 3470. The lowest BCUT2D eigenvalue weighted by Gasteiger charge is -2.20. The minimum atomic E-state index is 0.655. The predicted molar refractivity (Wildman–Crippen MR) is 221 cm³/mol. The summed E-state index contributed by atoms with van der Waals surface area (Å²) in [6.45, 7) is 0. The number of pyridine rings is 3. The van der Waals surface area contributed by atoms with Crippen molar-refractivity contribution in [1.82, 2.24) is 49.5 Å². The van der Waals surface area contributed by atoms with Gasteiger partial charge in [-0.2, -0.15) is 5.10 Å². The molecule has 12 aromatic rings. The first-order chi connectivity index (χ1) is 27.8. The molecule has 0 atom stereocenters. The lowest BCUT2D eigenvalue weighted by molar-refractivity contribution is 0.829. The van der Waals surface area contributed by atoms with Crippen LogP contribution in [0.4, 0.5) is 0 Å². The van der Waals surface area contributed by atoms with E-state index in [1.807, 2.05) is 96.1 Å². The number of nitrogens with one attached hydrogen (secondary N) is 2. The fourth-order valence-electron chi connectivity index (χ4n) is 8.25. The summed E-state index contributed by atoms with van der Waals surface area (Å²) in [6, 6.07) is 47.3. The molecule has 0 spiro atoms. The summed E-state index contributed by atoms with van der Waals surface area (Å²) >= 11 is 0. The molecule has 0 radical (unpaired) electrons. The Kier molecular flexibility index (Phi) is 6.40. The lowest BCUT2D eigenvalue weighted by Crippen LogP contribution is -2.04. The minimum Gasteiger partial charge on any atom is -0.338 e. The van der Waals surface area contributed by atoms with E-state index in [0.29, 0.717) is 11.3 Å². The van der Waals surface area contributed by atoms with Gasteiger partial charge >= 0.3 is 0 Å². The molecule has 0 bridgehead atoms. The summed E-state index contributed by atoms with van der Waals surface area (Å²) in [5, 5.41) is 22.5. The van der Waals surface area contributed by atoms with Gasteiger partial charge in [-0.3, -0.25) is 10.1 Å². The van der Waals surface area contributed by atoms with Crippen LogP contribution in [0.5, 0.6) is 0 Å². The van der Waals surface area contributed by atoms with E-state index in [9.17, 15) is 0 Å². The maximum atomic E-state index is 5.42. The fourth-order valence-corrected chi connectivity index (χ4v) is 8.25. The van der Waals surface area contributed by atoms with Crippen molar-refractivity contribution in [2.45, 2.75) is 0 Å². The third-order valence-corrected chi connectivity index (χ3v) is 10.8. The van der Waals surface area contributed by atoms with Crippen LogP contribution >= 0.6 is 0 Å². The van der Waals surface area contributed by atoms with Gasteiger partial charge in [0.05, 0.1) is 50.2 Å². The van der Waals surface area contributed by atoms with E-state index in [1.165, 1.54) is 0 Å². The average Bonchev–Trinajstić information content (AvgIpc) is 4.07. The Morgan fingerprint density at radius 3 is 2.23 bits per heavy atom. The van der Waals surface area contributed by atoms with Crippen LogP contribution < -0.4 is 0 Å². The highest BCUT2D eigenvalue weighted by atomic mass is 15.4. The number of aromatic nitrogens is 10. The molecule has 262 valence electrons. The molecule has 2 N–H and O–H groups in total. The highest BCUT2D eigenvalue weighted by molar-refractivity contribution is 6.19. The fraction of sp³-hybridized carbons (Fsp3) is 0. The average molecular weight is 721 g/mol. The Morgan fingerprint density at radius 1 is 0.536 bits per heavy atom. The van der Waals surface area contributed by atoms with Gasteiger partial charge in [0.25, 0.3) is 0 Å². The number of benzene rings is 5. The van der Waals surface area contributed by atoms with Crippen molar-refractivity contribution in [1.29, 1.82) is 0 Å². The monoisotopic (exact) mass is 720 g/mol. The first-order valence-corrected chi connectivity index (χ1v) is 18.4. The number of rotatable bonds is 5. The number of hydrogen-bond donors (Lipinski definition) is 2. The molecule has 10 nitrogen and oxygen atoms in total. The number of fused-ring (bicyclic) bond motifs is 6. The van der Waals surface area contributed by atoms with Gasteiger partial charge in [0.1, 0.15) is 22.6 Å². The quantitative estimate of drug-likeness (QED) is 0.183. The van der Waals surface area contributed by atoms with Crippen molar-refractivity contribution in [3.63, 3.8) is 0 Å². The van der Waals surface area contributed by atoms with Gasteiger partial charge in [-0.05, 0) is 60.0 Å². The van der Waals surface area contributed by atoms with E-state index in [4.69, 9.17) is 30.4 Å². The third kappa shape index (κ3) is 4.44. The smallest absolute Gasteiger partial charge is 0.141 e. The molecule has 0 unspecified atom stereocenters. The second-order valence-corrected chi connectivity index (χ2v) is 13.9. The van der Waals surface area contributed by atoms with E-state index >= 15 is 0 Å². The molecule has 0 amide bonds. The van der Waals surface area contributed by atoms with Crippen LogP contribution in [0.1, 0.15) is 0 Å². The second-order valence-electron chi connectivity index (χ2n) is 13.9. The molecular weight excluding hydrogens is 693 g/mol. The molecular formula is C46H28N10. The van der Waals surface area contributed by atoms with Crippen molar-refractivity contribution in [3.05, 3.63) is 158 Å². The maximum absolute atomic E-state index is 5.42. The summed E-state index contributed by atoms with van der Waals surface area (Å²) < 4.78 is 4.03. The van der Waals surface area contributed by atoms with Crippen molar-refractivity contribution < 1.29 is 0 Å². The molecule has 10 heteroatoms. The highest BCUT2D eigenvalue weighted by Gasteiger charge is 2.33. The van der Waals surface area contributed by atoms with Crippen LogP contribution in [-0.2, 0) is 0 Å². The number of imidazole rings is 1. The lowest BCUT2D eigenvalue weighted by atomic mass is 9.85. The molecule has 7 heterocycles. The molecule has 0 aliphatic rings. The summed E-state index contributed by atoms with van der Waals surface area (Å²) in [4.78, 5) is 19.6. The summed E-state index contributed by atoms with van der Waals surface area (Å²) in [5.41, 5.74) is 12.3. The van der Waals surface area contributed by atoms with Crippen LogP contribution in [0.25, 0.3) is 111 Å². The zero-order chi connectivity index (χ0) is 36.7. The minimum absolute atomic E-state index is 0.655. The molecule has 0 fully saturated rings. The number of nitrogens with zero attached hydrogens (tertiary/aromatic N) is 8. The molecule has 56 heavy (non-hydrogen) atoms. The van der Waals surface area contributed by atoms with E-state index in [0.717, 1.165) is 99.7 Å². The van der Waals surface area contributed by atoms with Crippen molar-refractivity contribution in [3.8, 4) is 50.8 Å². The van der Waals surface area contributed by atoms with Gasteiger partial charge in [-0.1, -0.05) is 90.1 Å². The second kappa shape index (κ2) is 11.8. The Hall–Kier alpha value is -7.98. The summed E-state index contributed by atoms with van der Waals surface area (Å²) in [7, 11) is 0. The van der Waals surface area contributed by atoms with E-state index in [1.54, 1.807) is 0 Å². The molecule has 0 saturated carbocycles. The van der Waals surface area contributed by atoms with Crippen LogP contribution in [0.3, 0.4) is 0 Å². The van der Waals surface area contributed by atoms with Gasteiger partial charge < -0.3 is 9.38 Å². The normalized spacial score (nSPS) is 11.9. The standard InChI is InChI=1S/C46H28N10/c1-3-13-29-27(11-1)22-24-47-42(29)39-38(35-21-20-28-12-2-5-15-31(28)48-35)41(46-49-33-17-7-8-18-34(33)50-46)45-44(40(39)43-30-14-4-6-16-32(30)51-52-43)53-54-56(45)37-23-26-55-25-10-9-19-36(37)55/h1-26H,(H,49,50)(H,51,52). The van der Waals surface area contributed by atoms with Gasteiger partial charge in [-0.15, -0.1) is 5.10 Å². The van der Waals surface area contributed by atoms with Crippen molar-refractivity contribution >= 4 is 60.2 Å². The molecule has 0 aliphatic carbocycles. The topological polar surface area (TPSA) is 118 Å². The SMILES string of the molecule is c1ccc2nc(-c3c(-c4nccc5ccccc45)c(-c4n[nH]c5ccccc45)c4nnn(-c5ccn6ccccc56)c4c3-c3nc4ccccc4[nH]3)ccc2c1. The zero-order valence-electron chi connectivity index (χ0n) is 29.6. The predicted octanol–water partition coefficient (Wildman–Crippen LogP) is 10.2. The Balaban J connectivity index is 1.36. The van der Waals surface area contributed by atoms with Gasteiger partial charge in [0.2, 0.25) is 0 Å². The first-order valence-electron chi connectivity index (χ1n) is 18.4. The Labute approximate surface area is 317 Å². The first kappa shape index (κ1) is 30.5. The van der Waals surface area contributed by atoms with Gasteiger partial charge in [0.15, 0.2) is 0 Å². The molecule has 0 aliphatic heterocycles. The third-order valence-electron chi connectivity index (χ3n) is 10.8. The largest absolute Gasteiger partial charge is 0.338 e. The van der Waals surface area contributed by atoms with E-state index in [2.05, 4.69) is 81.2 Å². The van der Waals surface area contributed by atoms with Crippen LogP contribution in [0, 0.1) is 0 Å². The number of H-pyrrole nitrogens is 2. The highest BCUT2D eigenvalue weighted by Crippen LogP contribution is 2.51. The van der Waals surface area contributed by atoms with Crippen molar-refractivity contribution in [2.24, 2.45) is 0 Å². The molecule has 12 rings (SSSR count). The van der Waals surface area contributed by atoms with E-state index in [-0.39, 0.29) is 0 Å². The molecule has 0 saturated heterocycles. The number of para-hydroxylation sites is 4. The maximum Gasteiger partial charge on any atom is 0.141 e. The van der Waals surface area contributed by atoms with E-state index < -0.39 is 0 Å². The van der Waals surface area contributed by atoms with Crippen LogP contribution in [0.15, 0.2) is 158 Å². The number of hydrogen-bond acceptors (Lipinski definition) is 6. The summed E-state index contributed by atoms with van der Waals surface area (Å²) in [6.07, 6.45) is 5.95. The van der Waals surface area contributed by atoms with Crippen LogP contribution in [0.2, 0.25) is 0 Å². The number of aromatic amines is 2. The molecule has 5 aromatic carbocycles. The summed E-state index contributed by atoms with van der Waals surface area (Å²) in [5.74, 6) is 0.660. The molecule has 7 aromatic heterocycles. The van der Waals surface area contributed by atoms with Crippen molar-refractivity contribution in [2.75, 3.05) is 0 Å². The zero-order valence-corrected chi connectivity index (χ0v) is 29.6. The van der Waals surface area contributed by atoms with Gasteiger partial charge in [0, 0.05) is 51.4 Å².